The topological polar surface area (TPSA) is 37.4 Å². The van der Waals surface area contributed by atoms with Gasteiger partial charge in [0.05, 0.1) is 18.7 Å². The van der Waals surface area contributed by atoms with E-state index < -0.39 is 10.8 Å². The zero-order valence-electron chi connectivity index (χ0n) is 12.3. The molecule has 98 valence electrons. The number of carbonyl (C=O) groups is 2. The lowest BCUT2D eigenvalue weighted by Crippen LogP contribution is -2.68. The normalized spacial score (nSPS) is 38.7. The third-order valence-electron chi connectivity index (χ3n) is 5.66. The molecule has 1 aliphatic heterocycles. The molecule has 2 fully saturated rings. The van der Waals surface area contributed by atoms with E-state index in [9.17, 15) is 9.59 Å². The lowest BCUT2D eigenvalue weighted by atomic mass is 9.33. The van der Waals surface area contributed by atoms with Crippen LogP contribution in [0.3, 0.4) is 0 Å². The third-order valence-corrected chi connectivity index (χ3v) is 5.66. The van der Waals surface area contributed by atoms with Gasteiger partial charge in [0.15, 0.2) is 0 Å². The molecule has 0 aromatic carbocycles. The summed E-state index contributed by atoms with van der Waals surface area (Å²) in [7, 11) is 5.60. The van der Waals surface area contributed by atoms with Gasteiger partial charge < -0.3 is 0 Å². The molecular formula is C14H22BNO2. The number of hydrogen-bond acceptors (Lipinski definition) is 2. The molecule has 2 unspecified atom stereocenters. The molecule has 0 spiro atoms. The summed E-state index contributed by atoms with van der Waals surface area (Å²) >= 11 is 0. The Kier molecular flexibility index (Phi) is 2.43. The van der Waals surface area contributed by atoms with Crippen LogP contribution in [0.4, 0.5) is 0 Å². The maximum atomic E-state index is 12.7. The van der Waals surface area contributed by atoms with Gasteiger partial charge in [-0.2, -0.15) is 0 Å². The smallest absolute Gasteiger partial charge is 0.236 e. The van der Waals surface area contributed by atoms with Crippen LogP contribution in [0, 0.1) is 21.7 Å². The summed E-state index contributed by atoms with van der Waals surface area (Å²) in [6.07, 6.45) is 0.738. The van der Waals surface area contributed by atoms with Crippen molar-refractivity contribution >= 4 is 19.7 Å². The molecule has 2 radical (unpaired) electrons. The Morgan fingerprint density at radius 1 is 1.17 bits per heavy atom. The first-order valence-corrected chi connectivity index (χ1v) is 6.54. The van der Waals surface area contributed by atoms with Crippen molar-refractivity contribution in [3.63, 3.8) is 0 Å². The highest BCUT2D eigenvalue weighted by molar-refractivity contribution is 6.18. The van der Waals surface area contributed by atoms with Crippen LogP contribution < -0.4 is 0 Å². The van der Waals surface area contributed by atoms with Crippen molar-refractivity contribution in [2.75, 3.05) is 6.44 Å². The Morgan fingerprint density at radius 3 is 1.94 bits per heavy atom. The van der Waals surface area contributed by atoms with Gasteiger partial charge in [-0.05, 0) is 30.6 Å². The molecule has 0 aromatic heterocycles. The van der Waals surface area contributed by atoms with Crippen LogP contribution in [0.25, 0.3) is 0 Å². The number of hydrogen-bond donors (Lipinski definition) is 0. The van der Waals surface area contributed by atoms with Gasteiger partial charge in [0, 0.05) is 0 Å². The van der Waals surface area contributed by atoms with Crippen molar-refractivity contribution in [3.8, 4) is 0 Å². The van der Waals surface area contributed by atoms with Gasteiger partial charge in [0.1, 0.15) is 0 Å². The van der Waals surface area contributed by atoms with E-state index in [0.29, 0.717) is 0 Å². The van der Waals surface area contributed by atoms with E-state index in [2.05, 4.69) is 13.8 Å². The number of carbonyl (C=O) groups excluding carboxylic acids is 2. The molecule has 1 aliphatic carbocycles. The summed E-state index contributed by atoms with van der Waals surface area (Å²) in [6, 6.07) is 0. The molecule has 2 atom stereocenters. The van der Waals surface area contributed by atoms with Gasteiger partial charge in [-0.15, -0.1) is 0 Å². The third kappa shape index (κ3) is 1.04. The summed E-state index contributed by atoms with van der Waals surface area (Å²) in [6.45, 7) is 12.2. The standard InChI is InChI=1S/C14H22BNO2/c1-11(2,3)14-7-12(4,5)13(14,6)9(17)16(8-15)10(14)18/h7-8H2,1-6H3. The fourth-order valence-electron chi connectivity index (χ4n) is 4.34. The van der Waals surface area contributed by atoms with E-state index in [0.717, 1.165) is 6.42 Å². The molecule has 2 aliphatic rings. The van der Waals surface area contributed by atoms with E-state index in [4.69, 9.17) is 7.85 Å². The van der Waals surface area contributed by atoms with E-state index in [1.807, 2.05) is 27.7 Å². The average molecular weight is 247 g/mol. The van der Waals surface area contributed by atoms with Gasteiger partial charge in [0.2, 0.25) is 11.8 Å². The summed E-state index contributed by atoms with van der Waals surface area (Å²) in [5.41, 5.74) is -1.63. The molecule has 2 rings (SSSR count). The van der Waals surface area contributed by atoms with E-state index in [-0.39, 0.29) is 29.1 Å². The first-order valence-electron chi connectivity index (χ1n) is 6.54. The van der Waals surface area contributed by atoms with Gasteiger partial charge in [-0.3, -0.25) is 14.5 Å². The minimum atomic E-state index is -0.630. The highest BCUT2D eigenvalue weighted by Crippen LogP contribution is 2.77. The molecular weight excluding hydrogens is 225 g/mol. The lowest BCUT2D eigenvalue weighted by molar-refractivity contribution is -0.213. The van der Waals surface area contributed by atoms with Crippen LogP contribution in [0.2, 0.25) is 0 Å². The van der Waals surface area contributed by atoms with Crippen LogP contribution in [-0.2, 0) is 9.59 Å². The van der Waals surface area contributed by atoms with Crippen molar-refractivity contribution < 1.29 is 9.59 Å². The highest BCUT2D eigenvalue weighted by Gasteiger charge is 2.82. The Hall–Kier alpha value is -0.795. The van der Waals surface area contributed by atoms with Crippen LogP contribution >= 0.6 is 0 Å². The van der Waals surface area contributed by atoms with Gasteiger partial charge in [0.25, 0.3) is 0 Å². The maximum Gasteiger partial charge on any atom is 0.236 e. The van der Waals surface area contributed by atoms with Crippen LogP contribution in [-0.4, -0.2) is 31.0 Å². The van der Waals surface area contributed by atoms with Gasteiger partial charge >= 0.3 is 0 Å². The number of imide groups is 1. The SMILES string of the molecule is [B]CN1C(=O)C2(C)C(C)(C)CC2(C(C)(C)C)C1=O. The van der Waals surface area contributed by atoms with E-state index in [1.54, 1.807) is 0 Å². The quantitative estimate of drug-likeness (QED) is 0.524. The monoisotopic (exact) mass is 247 g/mol. The number of likely N-dealkylation sites (tertiary alicyclic amines) is 1. The molecule has 0 N–H and O–H groups in total. The Bertz CT molecular complexity index is 438. The summed E-state index contributed by atoms with van der Waals surface area (Å²) in [5.74, 6) is -0.175. The zero-order valence-corrected chi connectivity index (χ0v) is 12.3. The first-order chi connectivity index (χ1) is 7.97. The van der Waals surface area contributed by atoms with Crippen LogP contribution in [0.1, 0.15) is 48.0 Å². The Morgan fingerprint density at radius 2 is 1.67 bits per heavy atom. The number of amides is 2. The lowest BCUT2D eigenvalue weighted by Gasteiger charge is -2.66. The van der Waals surface area contributed by atoms with Crippen LogP contribution in [0.15, 0.2) is 0 Å². The molecule has 1 saturated heterocycles. The van der Waals surface area contributed by atoms with Crippen molar-refractivity contribution in [2.45, 2.75) is 48.0 Å². The molecule has 4 heteroatoms. The second kappa shape index (κ2) is 3.20. The molecule has 0 aromatic rings. The summed E-state index contributed by atoms with van der Waals surface area (Å²) < 4.78 is 0. The molecule has 1 saturated carbocycles. The van der Waals surface area contributed by atoms with E-state index in [1.165, 1.54) is 4.90 Å². The van der Waals surface area contributed by atoms with Crippen molar-refractivity contribution in [2.24, 2.45) is 21.7 Å². The fourth-order valence-corrected chi connectivity index (χ4v) is 4.34. The molecule has 18 heavy (non-hydrogen) atoms. The number of fused-ring (bicyclic) bond motifs is 1. The zero-order chi connectivity index (χ0) is 14.1. The molecule has 2 amide bonds. The average Bonchev–Trinajstić information content (AvgIpc) is 2.35. The molecule has 3 nitrogen and oxygen atoms in total. The van der Waals surface area contributed by atoms with Crippen LogP contribution in [0.5, 0.6) is 0 Å². The predicted molar refractivity (Wildman–Crippen MR) is 70.9 cm³/mol. The van der Waals surface area contributed by atoms with Gasteiger partial charge in [-0.25, -0.2) is 0 Å². The Balaban J connectivity index is 2.67. The molecule has 1 heterocycles. The maximum absolute atomic E-state index is 12.7. The predicted octanol–water partition coefficient (Wildman–Crippen LogP) is 1.95. The van der Waals surface area contributed by atoms with Crippen molar-refractivity contribution in [1.29, 1.82) is 0 Å². The van der Waals surface area contributed by atoms with Crippen molar-refractivity contribution in [1.82, 2.24) is 4.90 Å². The second-order valence-corrected chi connectivity index (χ2v) is 7.56. The summed E-state index contributed by atoms with van der Waals surface area (Å²) in [5, 5.41) is 0. The fraction of sp³-hybridized carbons (Fsp3) is 0.857. The largest absolute Gasteiger partial charge is 0.291 e. The minimum absolute atomic E-state index is 0.0127. The Labute approximate surface area is 111 Å². The van der Waals surface area contributed by atoms with E-state index >= 15 is 0 Å². The number of nitrogens with zero attached hydrogens (tertiary/aromatic N) is 1. The first kappa shape index (κ1) is 13.6. The second-order valence-electron chi connectivity index (χ2n) is 7.56. The number of rotatable bonds is 1. The van der Waals surface area contributed by atoms with Crippen molar-refractivity contribution in [3.05, 3.63) is 0 Å². The van der Waals surface area contributed by atoms with Gasteiger partial charge in [-0.1, -0.05) is 34.6 Å². The summed E-state index contributed by atoms with van der Waals surface area (Å²) in [4.78, 5) is 26.6. The molecule has 0 bridgehead atoms. The minimum Gasteiger partial charge on any atom is -0.291 e. The highest BCUT2D eigenvalue weighted by atomic mass is 16.2.